The minimum atomic E-state index is -0.831. The van der Waals surface area contributed by atoms with E-state index in [-0.39, 0.29) is 10.4 Å². The van der Waals surface area contributed by atoms with Crippen molar-refractivity contribution >= 4 is 17.6 Å². The molecule has 0 amide bonds. The monoisotopic (exact) mass is 299 g/mol. The molecule has 0 radical (unpaired) electrons. The van der Waals surface area contributed by atoms with Crippen molar-refractivity contribution in [1.29, 1.82) is 0 Å². The average molecular weight is 300 g/mol. The number of hydrogen-bond donors (Lipinski definition) is 1. The highest BCUT2D eigenvalue weighted by Crippen LogP contribution is 2.36. The van der Waals surface area contributed by atoms with Crippen LogP contribution >= 0.6 is 11.6 Å². The molecular formula is C15H19ClFNO2. The van der Waals surface area contributed by atoms with E-state index in [9.17, 15) is 14.3 Å². The third kappa shape index (κ3) is 2.96. The zero-order valence-electron chi connectivity index (χ0n) is 11.7. The Hall–Kier alpha value is -1.13. The van der Waals surface area contributed by atoms with Gasteiger partial charge in [-0.25, -0.2) is 4.39 Å². The molecule has 0 aliphatic carbocycles. The molecule has 20 heavy (non-hydrogen) atoms. The first-order valence-electron chi connectivity index (χ1n) is 6.72. The highest BCUT2D eigenvalue weighted by molar-refractivity contribution is 6.31. The fourth-order valence-corrected chi connectivity index (χ4v) is 3.23. The molecule has 0 saturated carbocycles. The molecule has 3 nitrogen and oxygen atoms in total. The lowest BCUT2D eigenvalue weighted by atomic mass is 9.76. The number of piperidine rings is 1. The molecule has 1 aliphatic heterocycles. The molecule has 0 spiro atoms. The number of benzene rings is 1. The minimum absolute atomic E-state index is 0.0834. The van der Waals surface area contributed by atoms with Gasteiger partial charge in [0.1, 0.15) is 11.9 Å². The van der Waals surface area contributed by atoms with Gasteiger partial charge in [0.25, 0.3) is 0 Å². The molecule has 110 valence electrons. The Bertz CT molecular complexity index is 519. The Labute approximate surface area is 123 Å². The topological polar surface area (TPSA) is 40.5 Å². The molecule has 1 aliphatic rings. The number of likely N-dealkylation sites (tertiary alicyclic amines) is 1. The molecule has 1 N–H and O–H groups in total. The van der Waals surface area contributed by atoms with Gasteiger partial charge in [-0.15, -0.1) is 0 Å². The van der Waals surface area contributed by atoms with Crippen LogP contribution in [0.3, 0.4) is 0 Å². The van der Waals surface area contributed by atoms with Gasteiger partial charge < -0.3 is 5.11 Å². The maximum Gasteiger partial charge on any atom is 0.321 e. The van der Waals surface area contributed by atoms with Crippen molar-refractivity contribution in [3.63, 3.8) is 0 Å². The van der Waals surface area contributed by atoms with Crippen LogP contribution in [0.15, 0.2) is 18.2 Å². The van der Waals surface area contributed by atoms with Gasteiger partial charge in [0.2, 0.25) is 0 Å². The molecule has 5 heteroatoms. The number of hydrogen-bond acceptors (Lipinski definition) is 2. The maximum absolute atomic E-state index is 13.5. The van der Waals surface area contributed by atoms with E-state index in [1.165, 1.54) is 6.07 Å². The van der Waals surface area contributed by atoms with Gasteiger partial charge in [0.05, 0.1) is 5.02 Å². The Morgan fingerprint density at radius 2 is 2.25 bits per heavy atom. The maximum atomic E-state index is 13.5. The lowest BCUT2D eigenvalue weighted by molar-refractivity contribution is -0.151. The van der Waals surface area contributed by atoms with Crippen LogP contribution in [-0.2, 0) is 11.3 Å². The lowest BCUT2D eigenvalue weighted by Crippen LogP contribution is -2.53. The SMILES string of the molecule is CC1(C)CCCN(Cc2cccc(F)c2Cl)C1C(=O)O. The Morgan fingerprint density at radius 3 is 2.90 bits per heavy atom. The van der Waals surface area contributed by atoms with Gasteiger partial charge in [-0.1, -0.05) is 37.6 Å². The Morgan fingerprint density at radius 1 is 1.55 bits per heavy atom. The Kier molecular flexibility index (Phi) is 4.35. The van der Waals surface area contributed by atoms with Gasteiger partial charge in [0.15, 0.2) is 0 Å². The van der Waals surface area contributed by atoms with Gasteiger partial charge in [0, 0.05) is 6.54 Å². The molecule has 0 bridgehead atoms. The first-order chi connectivity index (χ1) is 9.33. The molecule has 1 fully saturated rings. The smallest absolute Gasteiger partial charge is 0.321 e. The summed E-state index contributed by atoms with van der Waals surface area (Å²) in [6.07, 6.45) is 1.81. The van der Waals surface area contributed by atoms with E-state index in [0.29, 0.717) is 18.7 Å². The predicted octanol–water partition coefficient (Wildman–Crippen LogP) is 3.55. The van der Waals surface area contributed by atoms with Gasteiger partial charge >= 0.3 is 5.97 Å². The fraction of sp³-hybridized carbons (Fsp3) is 0.533. The first-order valence-corrected chi connectivity index (χ1v) is 7.10. The van der Waals surface area contributed by atoms with E-state index in [1.54, 1.807) is 12.1 Å². The largest absolute Gasteiger partial charge is 0.480 e. The summed E-state index contributed by atoms with van der Waals surface area (Å²) in [7, 11) is 0. The number of aliphatic carboxylic acids is 1. The summed E-state index contributed by atoms with van der Waals surface area (Å²) >= 11 is 5.96. The van der Waals surface area contributed by atoms with E-state index in [4.69, 9.17) is 11.6 Å². The molecule has 0 aromatic heterocycles. The zero-order valence-corrected chi connectivity index (χ0v) is 12.5. The molecule has 1 aromatic rings. The van der Waals surface area contributed by atoms with Crippen molar-refractivity contribution in [2.24, 2.45) is 5.41 Å². The van der Waals surface area contributed by atoms with Gasteiger partial charge in [-0.05, 0) is 36.4 Å². The van der Waals surface area contributed by atoms with E-state index < -0.39 is 17.8 Å². The van der Waals surface area contributed by atoms with Crippen LogP contribution < -0.4 is 0 Å². The molecule has 1 aromatic carbocycles. The normalized spacial score (nSPS) is 22.7. The van der Waals surface area contributed by atoms with Crippen LogP contribution in [0.25, 0.3) is 0 Å². The minimum Gasteiger partial charge on any atom is -0.480 e. The molecule has 1 unspecified atom stereocenters. The van der Waals surface area contributed by atoms with Gasteiger partial charge in [-0.3, -0.25) is 9.69 Å². The van der Waals surface area contributed by atoms with Crippen molar-refractivity contribution < 1.29 is 14.3 Å². The van der Waals surface area contributed by atoms with Crippen LogP contribution in [0.2, 0.25) is 5.02 Å². The molecule has 1 heterocycles. The number of carbonyl (C=O) groups is 1. The summed E-state index contributed by atoms with van der Waals surface area (Å²) in [6.45, 7) is 4.97. The van der Waals surface area contributed by atoms with Crippen molar-refractivity contribution in [1.82, 2.24) is 4.90 Å². The van der Waals surface area contributed by atoms with Crippen molar-refractivity contribution in [3.8, 4) is 0 Å². The van der Waals surface area contributed by atoms with E-state index in [1.807, 2.05) is 18.7 Å². The Balaban J connectivity index is 2.26. The number of halogens is 2. The number of rotatable bonds is 3. The summed E-state index contributed by atoms with van der Waals surface area (Å²) in [4.78, 5) is 13.5. The third-order valence-electron chi connectivity index (χ3n) is 4.01. The molecule has 1 saturated heterocycles. The van der Waals surface area contributed by atoms with Crippen molar-refractivity contribution in [2.75, 3.05) is 6.54 Å². The van der Waals surface area contributed by atoms with Crippen LogP contribution in [0.5, 0.6) is 0 Å². The van der Waals surface area contributed by atoms with E-state index in [0.717, 1.165) is 12.8 Å². The fourth-order valence-electron chi connectivity index (χ4n) is 3.05. The van der Waals surface area contributed by atoms with Crippen molar-refractivity contribution in [2.45, 2.75) is 39.3 Å². The second-order valence-corrected chi connectivity index (χ2v) is 6.39. The van der Waals surface area contributed by atoms with Crippen LogP contribution in [0, 0.1) is 11.2 Å². The second-order valence-electron chi connectivity index (χ2n) is 6.02. The number of carboxylic acids is 1. The third-order valence-corrected chi connectivity index (χ3v) is 4.43. The summed E-state index contributed by atoms with van der Waals surface area (Å²) in [5.74, 6) is -1.30. The predicted molar refractivity (Wildman–Crippen MR) is 76.3 cm³/mol. The quantitative estimate of drug-likeness (QED) is 0.928. The van der Waals surface area contributed by atoms with Crippen LogP contribution in [0.4, 0.5) is 4.39 Å². The number of nitrogens with zero attached hydrogens (tertiary/aromatic N) is 1. The van der Waals surface area contributed by atoms with Crippen molar-refractivity contribution in [3.05, 3.63) is 34.6 Å². The van der Waals surface area contributed by atoms with Gasteiger partial charge in [-0.2, -0.15) is 0 Å². The van der Waals surface area contributed by atoms with Crippen LogP contribution in [0.1, 0.15) is 32.3 Å². The standard InChI is InChI=1S/C15H19ClFNO2/c1-15(2)7-4-8-18(13(15)14(19)20)9-10-5-3-6-11(17)12(10)16/h3,5-6,13H,4,7-9H2,1-2H3,(H,19,20). The van der Waals surface area contributed by atoms with Crippen LogP contribution in [-0.4, -0.2) is 28.6 Å². The highest BCUT2D eigenvalue weighted by atomic mass is 35.5. The highest BCUT2D eigenvalue weighted by Gasteiger charge is 2.42. The summed E-state index contributed by atoms with van der Waals surface area (Å²) < 4.78 is 13.5. The lowest BCUT2D eigenvalue weighted by Gasteiger charge is -2.44. The van der Waals surface area contributed by atoms with E-state index in [2.05, 4.69) is 0 Å². The summed E-state index contributed by atoms with van der Waals surface area (Å²) in [6, 6.07) is 4.07. The second kappa shape index (κ2) is 5.70. The summed E-state index contributed by atoms with van der Waals surface area (Å²) in [5.41, 5.74) is 0.333. The number of carboxylic acid groups (broad SMARTS) is 1. The van der Waals surface area contributed by atoms with E-state index >= 15 is 0 Å². The molecule has 2 rings (SSSR count). The average Bonchev–Trinajstić information content (AvgIpc) is 2.33. The molecule has 1 atom stereocenters. The summed E-state index contributed by atoms with van der Waals surface area (Å²) in [5, 5.41) is 9.58. The molecular weight excluding hydrogens is 281 g/mol. The first kappa shape index (κ1) is 15.3. The zero-order chi connectivity index (χ0) is 14.9.